The average Bonchev–Trinajstić information content (AvgIpc) is 3.27. The van der Waals surface area contributed by atoms with E-state index in [2.05, 4.69) is 31.8 Å². The molecule has 244 valence electrons. The van der Waals surface area contributed by atoms with Crippen molar-refractivity contribution in [2.24, 2.45) is 63.0 Å². The maximum Gasteiger partial charge on any atom is 0.353 e. The van der Waals surface area contributed by atoms with Gasteiger partial charge in [0, 0.05) is 12.3 Å². The van der Waals surface area contributed by atoms with Gasteiger partial charge in [0.05, 0.1) is 11.6 Å². The number of allylic oxidation sites excluding steroid dienone is 1. The smallest absolute Gasteiger partial charge is 0.353 e. The summed E-state index contributed by atoms with van der Waals surface area (Å²) >= 11 is 0. The molecule has 0 aromatic rings. The molecule has 0 unspecified atom stereocenters. The maximum atomic E-state index is 13.2. The van der Waals surface area contributed by atoms with E-state index < -0.39 is 23.5 Å². The number of hydrogen-bond acceptors (Lipinski definition) is 5. The number of fused-ring (bicyclic) bond motifs is 5. The number of ether oxygens (including phenoxy) is 1. The lowest BCUT2D eigenvalue weighted by atomic mass is 9.47. The van der Waals surface area contributed by atoms with Crippen LogP contribution in [0.15, 0.2) is 16.6 Å². The highest BCUT2D eigenvalue weighted by Gasteiger charge is 2.59. The van der Waals surface area contributed by atoms with Gasteiger partial charge in [-0.1, -0.05) is 73.0 Å². The second kappa shape index (κ2) is 13.1. The Morgan fingerprint density at radius 2 is 1.77 bits per heavy atom. The summed E-state index contributed by atoms with van der Waals surface area (Å²) < 4.78 is 6.05. The van der Waals surface area contributed by atoms with E-state index in [0.29, 0.717) is 17.3 Å². The number of esters is 1. The zero-order valence-electron chi connectivity index (χ0n) is 28.7. The molecule has 0 aliphatic heterocycles. The molecule has 9 atom stereocenters. The van der Waals surface area contributed by atoms with Gasteiger partial charge in [0.1, 0.15) is 11.8 Å². The van der Waals surface area contributed by atoms with Gasteiger partial charge < -0.3 is 15.6 Å². The first kappa shape index (κ1) is 34.3. The lowest BCUT2D eigenvalue weighted by Gasteiger charge is -2.58. The minimum absolute atomic E-state index is 0.0422. The maximum absolute atomic E-state index is 13.2. The fourth-order valence-electron chi connectivity index (χ4n) is 9.86. The number of carbonyl (C=O) groups is 2. The van der Waals surface area contributed by atoms with Crippen molar-refractivity contribution >= 4 is 17.6 Å². The predicted octanol–water partition coefficient (Wildman–Crippen LogP) is 7.66. The summed E-state index contributed by atoms with van der Waals surface area (Å²) in [6.07, 6.45) is 14.7. The van der Waals surface area contributed by atoms with E-state index in [0.717, 1.165) is 56.3 Å². The number of aliphatic hydroxyl groups is 1. The Labute approximate surface area is 262 Å². The van der Waals surface area contributed by atoms with E-state index in [9.17, 15) is 14.7 Å². The van der Waals surface area contributed by atoms with Crippen LogP contribution in [0.2, 0.25) is 0 Å². The van der Waals surface area contributed by atoms with E-state index in [-0.39, 0.29) is 29.1 Å². The van der Waals surface area contributed by atoms with Crippen LogP contribution in [0.25, 0.3) is 0 Å². The molecule has 0 heterocycles. The zero-order chi connectivity index (χ0) is 31.9. The van der Waals surface area contributed by atoms with E-state index in [1.807, 2.05) is 41.5 Å². The highest BCUT2D eigenvalue weighted by atomic mass is 16.5. The van der Waals surface area contributed by atoms with E-state index in [1.165, 1.54) is 37.7 Å². The van der Waals surface area contributed by atoms with Gasteiger partial charge in [0.25, 0.3) is 5.91 Å². The van der Waals surface area contributed by atoms with Crippen LogP contribution in [0.1, 0.15) is 133 Å². The second-order valence-corrected chi connectivity index (χ2v) is 16.7. The highest BCUT2D eigenvalue weighted by molar-refractivity contribution is 6.38. The Morgan fingerprint density at radius 3 is 2.40 bits per heavy atom. The van der Waals surface area contributed by atoms with E-state index in [1.54, 1.807) is 0 Å². The average molecular weight is 599 g/mol. The number of rotatable bonds is 10. The SMILES string of the molecule is CC(C)C(=NC(=O)[C@@H](N)C(C)C)C(=O)O[C@H]1CC[C@@]2(C)C(=CC[C@H]3[C@@H]4CC[C@H]([C@H](C)CCCC(C)(C)O)[C@@]4(C)CC[C@@H]32)C1. The molecule has 0 saturated heterocycles. The van der Waals surface area contributed by atoms with Crippen molar-refractivity contribution in [3.63, 3.8) is 0 Å². The summed E-state index contributed by atoms with van der Waals surface area (Å²) in [5.74, 6) is 2.56. The second-order valence-electron chi connectivity index (χ2n) is 16.7. The van der Waals surface area contributed by atoms with Crippen molar-refractivity contribution in [3.05, 3.63) is 11.6 Å². The van der Waals surface area contributed by atoms with E-state index >= 15 is 0 Å². The minimum Gasteiger partial charge on any atom is -0.458 e. The molecule has 0 aromatic carbocycles. The Kier molecular flexibility index (Phi) is 10.4. The molecule has 3 N–H and O–H groups in total. The van der Waals surface area contributed by atoms with Crippen LogP contribution in [0.5, 0.6) is 0 Å². The monoisotopic (exact) mass is 598 g/mol. The Hall–Kier alpha value is -1.53. The third-order valence-corrected chi connectivity index (χ3v) is 12.5. The molecule has 43 heavy (non-hydrogen) atoms. The summed E-state index contributed by atoms with van der Waals surface area (Å²) in [7, 11) is 0. The predicted molar refractivity (Wildman–Crippen MR) is 174 cm³/mol. The van der Waals surface area contributed by atoms with Gasteiger partial charge in [-0.2, -0.15) is 0 Å². The van der Waals surface area contributed by atoms with Crippen molar-refractivity contribution < 1.29 is 19.4 Å². The van der Waals surface area contributed by atoms with Crippen LogP contribution in [-0.2, 0) is 14.3 Å². The molecule has 4 rings (SSSR count). The summed E-state index contributed by atoms with van der Waals surface area (Å²) in [6.45, 7) is 18.9. The summed E-state index contributed by atoms with van der Waals surface area (Å²) in [6, 6.07) is -0.716. The number of hydrogen-bond donors (Lipinski definition) is 2. The molecule has 1 amide bonds. The summed E-state index contributed by atoms with van der Waals surface area (Å²) in [5, 5.41) is 10.2. The molecule has 3 fully saturated rings. The van der Waals surface area contributed by atoms with Crippen LogP contribution >= 0.6 is 0 Å². The normalized spacial score (nSPS) is 36.0. The Morgan fingerprint density at radius 1 is 1.07 bits per heavy atom. The third-order valence-electron chi connectivity index (χ3n) is 12.5. The third kappa shape index (κ3) is 7.16. The first-order valence-electron chi connectivity index (χ1n) is 17.5. The van der Waals surface area contributed by atoms with Crippen LogP contribution < -0.4 is 5.73 Å². The molecule has 6 nitrogen and oxygen atoms in total. The molecular formula is C37H62N2O4. The molecule has 0 aromatic heterocycles. The molecule has 4 aliphatic rings. The lowest BCUT2D eigenvalue weighted by molar-refractivity contribution is -0.143. The molecule has 3 saturated carbocycles. The number of aliphatic imine (C=N–C) groups is 1. The summed E-state index contributed by atoms with van der Waals surface area (Å²) in [5.41, 5.74) is 7.71. The van der Waals surface area contributed by atoms with Crippen LogP contribution in [-0.4, -0.2) is 40.4 Å². The fourth-order valence-corrected chi connectivity index (χ4v) is 9.86. The standard InChI is InChI=1S/C37H62N2O4/c1-22(2)31(38)33(40)39-32(23(3)4)34(41)43-26-16-19-36(8)25(21-26)12-13-27-29-15-14-28(37(29,9)20-17-30(27)36)24(5)11-10-18-35(6,7)42/h12,22-24,26-31,42H,10-11,13-21,38H2,1-9H3/t24-,26+,27+,28-,29+,30+,31+,36+,37-/m1/s1. The first-order valence-corrected chi connectivity index (χ1v) is 17.5. The topological polar surface area (TPSA) is 102 Å². The number of nitrogens with two attached hydrogens (primary N) is 1. The van der Waals surface area contributed by atoms with Gasteiger partial charge in [-0.05, 0) is 112 Å². The van der Waals surface area contributed by atoms with Crippen molar-refractivity contribution in [2.45, 2.75) is 151 Å². The quantitative estimate of drug-likeness (QED) is 0.153. The Bertz CT molecular complexity index is 1090. The molecule has 4 aliphatic carbocycles. The first-order chi connectivity index (χ1) is 20.0. The lowest BCUT2D eigenvalue weighted by Crippen LogP contribution is -2.51. The van der Waals surface area contributed by atoms with Gasteiger partial charge in [0.15, 0.2) is 0 Å². The zero-order valence-corrected chi connectivity index (χ0v) is 28.7. The van der Waals surface area contributed by atoms with Crippen LogP contribution in [0.3, 0.4) is 0 Å². The molecular weight excluding hydrogens is 536 g/mol. The van der Waals surface area contributed by atoms with Gasteiger partial charge in [-0.3, -0.25) is 4.79 Å². The number of nitrogens with zero attached hydrogens (tertiary/aromatic N) is 1. The highest BCUT2D eigenvalue weighted by Crippen LogP contribution is 2.67. The van der Waals surface area contributed by atoms with E-state index in [4.69, 9.17) is 10.5 Å². The number of carbonyl (C=O) groups excluding carboxylic acids is 2. The fraction of sp³-hybridized carbons (Fsp3) is 0.865. The van der Waals surface area contributed by atoms with Crippen molar-refractivity contribution in [1.29, 1.82) is 0 Å². The van der Waals surface area contributed by atoms with Gasteiger partial charge >= 0.3 is 5.97 Å². The van der Waals surface area contributed by atoms with Crippen LogP contribution in [0, 0.1) is 52.3 Å². The Balaban J connectivity index is 1.42. The minimum atomic E-state index is -0.716. The molecule has 6 heteroatoms. The molecule has 0 spiro atoms. The number of amides is 1. The van der Waals surface area contributed by atoms with Crippen molar-refractivity contribution in [1.82, 2.24) is 0 Å². The van der Waals surface area contributed by atoms with Gasteiger partial charge in [-0.25, -0.2) is 9.79 Å². The molecule has 0 bridgehead atoms. The van der Waals surface area contributed by atoms with Crippen LogP contribution in [0.4, 0.5) is 0 Å². The van der Waals surface area contributed by atoms with Gasteiger partial charge in [-0.15, -0.1) is 0 Å². The van der Waals surface area contributed by atoms with Crippen molar-refractivity contribution in [3.8, 4) is 0 Å². The largest absolute Gasteiger partial charge is 0.458 e. The van der Waals surface area contributed by atoms with Crippen molar-refractivity contribution in [2.75, 3.05) is 0 Å². The molecule has 0 radical (unpaired) electrons. The summed E-state index contributed by atoms with van der Waals surface area (Å²) in [4.78, 5) is 29.9. The van der Waals surface area contributed by atoms with Gasteiger partial charge in [0.2, 0.25) is 0 Å².